The summed E-state index contributed by atoms with van der Waals surface area (Å²) in [4.78, 5) is 0. The van der Waals surface area contributed by atoms with Crippen LogP contribution in [0.3, 0.4) is 0 Å². The normalized spacial score (nSPS) is 25.3. The van der Waals surface area contributed by atoms with E-state index in [2.05, 4.69) is 27.7 Å². The Bertz CT molecular complexity index is 198. The van der Waals surface area contributed by atoms with Crippen LogP contribution in [0.4, 0.5) is 0 Å². The molecule has 2 unspecified atom stereocenters. The maximum Gasteiger partial charge on any atom is 0.00195 e. The molecule has 1 aliphatic rings. The van der Waals surface area contributed by atoms with Crippen LogP contribution < -0.4 is 0 Å². The molecule has 0 nitrogen and oxygen atoms in total. The molecule has 0 aliphatic heterocycles. The zero-order chi connectivity index (χ0) is 13.5. The van der Waals surface area contributed by atoms with Crippen LogP contribution in [0.2, 0.25) is 0 Å². The van der Waals surface area contributed by atoms with E-state index in [0.29, 0.717) is 5.25 Å². The van der Waals surface area contributed by atoms with Crippen LogP contribution in [0, 0.1) is 23.7 Å². The molecule has 1 saturated carbocycles. The lowest BCUT2D eigenvalue weighted by Crippen LogP contribution is -2.24. The maximum absolute atomic E-state index is 4.73. The molecule has 0 radical (unpaired) electrons. The molecule has 18 heavy (non-hydrogen) atoms. The third-order valence-corrected chi connectivity index (χ3v) is 5.05. The molecular weight excluding hydrogens is 236 g/mol. The van der Waals surface area contributed by atoms with Gasteiger partial charge in [-0.3, -0.25) is 0 Å². The highest BCUT2D eigenvalue weighted by Gasteiger charge is 2.26. The Hall–Kier alpha value is 0.350. The Morgan fingerprint density at radius 1 is 0.889 bits per heavy atom. The summed E-state index contributed by atoms with van der Waals surface area (Å²) in [5, 5.41) is 0.685. The van der Waals surface area contributed by atoms with Crippen LogP contribution in [0.5, 0.6) is 0 Å². The minimum absolute atomic E-state index is 0.685. The van der Waals surface area contributed by atoms with Gasteiger partial charge in [0, 0.05) is 5.25 Å². The minimum Gasteiger partial charge on any atom is -0.176 e. The maximum atomic E-state index is 4.73. The molecule has 0 spiro atoms. The van der Waals surface area contributed by atoms with Gasteiger partial charge < -0.3 is 0 Å². The van der Waals surface area contributed by atoms with Crippen LogP contribution in [0.25, 0.3) is 0 Å². The molecule has 0 amide bonds. The summed E-state index contributed by atoms with van der Waals surface area (Å²) >= 11 is 4.73. The Balaban J connectivity index is 2.46. The molecule has 2 atom stereocenters. The van der Waals surface area contributed by atoms with Gasteiger partial charge in [0.05, 0.1) is 0 Å². The van der Waals surface area contributed by atoms with E-state index >= 15 is 0 Å². The summed E-state index contributed by atoms with van der Waals surface area (Å²) in [6.45, 7) is 9.45. The van der Waals surface area contributed by atoms with Gasteiger partial charge in [-0.1, -0.05) is 53.4 Å². The molecule has 1 rings (SSSR count). The summed E-state index contributed by atoms with van der Waals surface area (Å²) in [5.74, 6) is 3.67. The third-order valence-electron chi connectivity index (χ3n) is 4.58. The van der Waals surface area contributed by atoms with E-state index in [9.17, 15) is 0 Å². The number of rotatable bonds is 7. The zero-order valence-corrected chi connectivity index (χ0v) is 13.9. The second kappa shape index (κ2) is 8.51. The summed E-state index contributed by atoms with van der Waals surface area (Å²) in [7, 11) is 0. The van der Waals surface area contributed by atoms with E-state index in [-0.39, 0.29) is 0 Å². The van der Waals surface area contributed by atoms with Gasteiger partial charge in [0.1, 0.15) is 0 Å². The average molecular weight is 271 g/mol. The van der Waals surface area contributed by atoms with Crippen molar-refractivity contribution in [3.8, 4) is 0 Å². The summed E-state index contributed by atoms with van der Waals surface area (Å²) < 4.78 is 0. The Morgan fingerprint density at radius 2 is 1.44 bits per heavy atom. The molecule has 0 aromatic heterocycles. The fourth-order valence-electron chi connectivity index (χ4n) is 3.34. The van der Waals surface area contributed by atoms with Gasteiger partial charge in [-0.2, -0.15) is 12.6 Å². The average Bonchev–Trinajstić information content (AvgIpc) is 2.28. The van der Waals surface area contributed by atoms with E-state index in [0.717, 1.165) is 23.7 Å². The number of hydrogen-bond acceptors (Lipinski definition) is 1. The summed E-state index contributed by atoms with van der Waals surface area (Å²) in [5.41, 5.74) is 0. The fourth-order valence-corrected chi connectivity index (χ4v) is 3.79. The van der Waals surface area contributed by atoms with Crippen LogP contribution in [-0.2, 0) is 0 Å². The molecule has 0 aromatic rings. The minimum atomic E-state index is 0.685. The summed E-state index contributed by atoms with van der Waals surface area (Å²) in [6, 6.07) is 0. The first-order chi connectivity index (χ1) is 8.49. The van der Waals surface area contributed by atoms with Crippen LogP contribution in [0.1, 0.15) is 79.1 Å². The highest BCUT2D eigenvalue weighted by Crippen LogP contribution is 2.37. The first-order valence-electron chi connectivity index (χ1n) is 8.17. The molecule has 1 aliphatic carbocycles. The Morgan fingerprint density at radius 3 is 1.89 bits per heavy atom. The van der Waals surface area contributed by atoms with Gasteiger partial charge in [-0.25, -0.2) is 0 Å². The monoisotopic (exact) mass is 270 g/mol. The van der Waals surface area contributed by atoms with Crippen molar-refractivity contribution >= 4 is 12.6 Å². The molecule has 0 N–H and O–H groups in total. The largest absolute Gasteiger partial charge is 0.176 e. The number of hydrogen-bond donors (Lipinski definition) is 1. The van der Waals surface area contributed by atoms with Crippen molar-refractivity contribution in [2.45, 2.75) is 84.3 Å². The third kappa shape index (κ3) is 6.50. The molecule has 0 saturated heterocycles. The Labute approximate surface area is 121 Å². The second-order valence-corrected chi connectivity index (χ2v) is 8.01. The van der Waals surface area contributed by atoms with Gasteiger partial charge in [0.15, 0.2) is 0 Å². The molecule has 108 valence electrons. The van der Waals surface area contributed by atoms with Crippen LogP contribution >= 0.6 is 12.6 Å². The van der Waals surface area contributed by atoms with Crippen molar-refractivity contribution < 1.29 is 0 Å². The van der Waals surface area contributed by atoms with Crippen molar-refractivity contribution in [1.29, 1.82) is 0 Å². The van der Waals surface area contributed by atoms with Gasteiger partial charge >= 0.3 is 0 Å². The van der Waals surface area contributed by atoms with Crippen LogP contribution in [-0.4, -0.2) is 5.25 Å². The van der Waals surface area contributed by atoms with E-state index in [1.165, 1.54) is 51.4 Å². The molecular formula is C17H34S. The standard InChI is InChI=1S/C17H34S/c1-13(2)8-10-15(11-9-14(3)4)16-6-5-7-17(18)12-16/h13-18H,5-12H2,1-4H3. The highest BCUT2D eigenvalue weighted by atomic mass is 32.1. The summed E-state index contributed by atoms with van der Waals surface area (Å²) in [6.07, 6.45) is 11.3. The predicted molar refractivity (Wildman–Crippen MR) is 86.4 cm³/mol. The lowest BCUT2D eigenvalue weighted by atomic mass is 9.74. The molecule has 0 heterocycles. The molecule has 0 bridgehead atoms. The SMILES string of the molecule is CC(C)CCC(CCC(C)C)C1CCCC(S)C1. The van der Waals surface area contributed by atoms with Crippen molar-refractivity contribution in [2.75, 3.05) is 0 Å². The van der Waals surface area contributed by atoms with E-state index < -0.39 is 0 Å². The molecule has 1 heteroatoms. The van der Waals surface area contributed by atoms with Crippen molar-refractivity contribution in [2.24, 2.45) is 23.7 Å². The lowest BCUT2D eigenvalue weighted by Gasteiger charge is -2.34. The lowest BCUT2D eigenvalue weighted by molar-refractivity contribution is 0.209. The first kappa shape index (κ1) is 16.4. The Kier molecular flexibility index (Phi) is 7.75. The molecule has 0 aromatic carbocycles. The van der Waals surface area contributed by atoms with Gasteiger partial charge in [-0.15, -0.1) is 0 Å². The second-order valence-electron chi connectivity index (χ2n) is 7.28. The topological polar surface area (TPSA) is 0 Å². The van der Waals surface area contributed by atoms with Gasteiger partial charge in [0.25, 0.3) is 0 Å². The quantitative estimate of drug-likeness (QED) is 0.542. The van der Waals surface area contributed by atoms with E-state index in [1.54, 1.807) is 0 Å². The van der Waals surface area contributed by atoms with Crippen molar-refractivity contribution in [3.63, 3.8) is 0 Å². The van der Waals surface area contributed by atoms with Gasteiger partial charge in [0.2, 0.25) is 0 Å². The molecule has 1 fully saturated rings. The number of thiol groups is 1. The first-order valence-corrected chi connectivity index (χ1v) is 8.68. The van der Waals surface area contributed by atoms with E-state index in [1.807, 2.05) is 0 Å². The smallest absolute Gasteiger partial charge is 0.00195 e. The van der Waals surface area contributed by atoms with Gasteiger partial charge in [-0.05, 0) is 49.4 Å². The van der Waals surface area contributed by atoms with Crippen molar-refractivity contribution in [3.05, 3.63) is 0 Å². The van der Waals surface area contributed by atoms with Crippen LogP contribution in [0.15, 0.2) is 0 Å². The zero-order valence-electron chi connectivity index (χ0n) is 13.0. The van der Waals surface area contributed by atoms with E-state index in [4.69, 9.17) is 12.6 Å². The highest BCUT2D eigenvalue weighted by molar-refractivity contribution is 7.80. The van der Waals surface area contributed by atoms with Crippen molar-refractivity contribution in [1.82, 2.24) is 0 Å². The predicted octanol–water partition coefficient (Wildman–Crippen LogP) is 5.96. The fraction of sp³-hybridized carbons (Fsp3) is 1.00.